The van der Waals surface area contributed by atoms with Crippen LogP contribution in [0.2, 0.25) is 0 Å². The molecule has 0 fully saturated rings. The first kappa shape index (κ1) is 12.5. The van der Waals surface area contributed by atoms with Crippen LogP contribution in [0.5, 0.6) is 5.75 Å². The zero-order valence-electron chi connectivity index (χ0n) is 9.69. The number of ether oxygens (including phenoxy) is 1. The van der Waals surface area contributed by atoms with Crippen molar-refractivity contribution in [1.29, 1.82) is 0 Å². The smallest absolute Gasteiger partial charge is 0.258 e. The van der Waals surface area contributed by atoms with E-state index in [1.807, 2.05) is 32.0 Å². The fourth-order valence-corrected chi connectivity index (χ4v) is 1.48. The summed E-state index contributed by atoms with van der Waals surface area (Å²) >= 11 is 0. The first-order valence-corrected chi connectivity index (χ1v) is 5.34. The summed E-state index contributed by atoms with van der Waals surface area (Å²) in [6.45, 7) is 4.21. The molecular formula is C12H18N2O2. The molecule has 1 unspecified atom stereocenters. The molecule has 0 aliphatic heterocycles. The monoisotopic (exact) mass is 222 g/mol. The molecule has 4 N–H and O–H groups in total. The van der Waals surface area contributed by atoms with Crippen molar-refractivity contribution in [3.05, 3.63) is 29.3 Å². The van der Waals surface area contributed by atoms with Gasteiger partial charge in [-0.15, -0.1) is 0 Å². The Morgan fingerprint density at radius 3 is 2.69 bits per heavy atom. The molecule has 1 rings (SSSR count). The van der Waals surface area contributed by atoms with E-state index in [1.54, 1.807) is 0 Å². The Bertz CT molecular complexity index is 377. The fraction of sp³-hybridized carbons (Fsp3) is 0.417. The standard InChI is InChI=1S/C12H18N2O2/c1-3-10(12(14)15)16-11-5-4-8(2)6-9(11)7-13/h4-6,10H,3,7,13H2,1-2H3,(H2,14,15). The van der Waals surface area contributed by atoms with E-state index in [4.69, 9.17) is 16.2 Å². The molecule has 88 valence electrons. The van der Waals surface area contributed by atoms with Crippen molar-refractivity contribution >= 4 is 5.91 Å². The van der Waals surface area contributed by atoms with Gasteiger partial charge in [-0.1, -0.05) is 24.6 Å². The Balaban J connectivity index is 2.91. The van der Waals surface area contributed by atoms with Gasteiger partial charge < -0.3 is 16.2 Å². The van der Waals surface area contributed by atoms with Crippen LogP contribution in [0.25, 0.3) is 0 Å². The molecule has 1 atom stereocenters. The SMILES string of the molecule is CCC(Oc1ccc(C)cc1CN)C(N)=O. The number of aryl methyl sites for hydroxylation is 1. The Morgan fingerprint density at radius 1 is 1.50 bits per heavy atom. The van der Waals surface area contributed by atoms with Gasteiger partial charge >= 0.3 is 0 Å². The quantitative estimate of drug-likeness (QED) is 0.783. The summed E-state index contributed by atoms with van der Waals surface area (Å²) in [7, 11) is 0. The van der Waals surface area contributed by atoms with Crippen molar-refractivity contribution in [2.24, 2.45) is 11.5 Å². The molecule has 0 saturated heterocycles. The molecule has 0 heterocycles. The van der Waals surface area contributed by atoms with Crippen molar-refractivity contribution in [2.45, 2.75) is 32.9 Å². The average molecular weight is 222 g/mol. The lowest BCUT2D eigenvalue weighted by molar-refractivity contribution is -0.124. The molecule has 1 amide bonds. The van der Waals surface area contributed by atoms with Gasteiger partial charge in [-0.05, 0) is 19.4 Å². The lowest BCUT2D eigenvalue weighted by atomic mass is 10.1. The maximum Gasteiger partial charge on any atom is 0.258 e. The number of nitrogens with two attached hydrogens (primary N) is 2. The van der Waals surface area contributed by atoms with Gasteiger partial charge in [-0.3, -0.25) is 4.79 Å². The second-order valence-corrected chi connectivity index (χ2v) is 3.73. The van der Waals surface area contributed by atoms with E-state index in [0.29, 0.717) is 18.7 Å². The maximum atomic E-state index is 11.1. The first-order valence-electron chi connectivity index (χ1n) is 5.34. The highest BCUT2D eigenvalue weighted by atomic mass is 16.5. The molecule has 0 radical (unpaired) electrons. The topological polar surface area (TPSA) is 78.3 Å². The highest BCUT2D eigenvalue weighted by Gasteiger charge is 2.16. The maximum absolute atomic E-state index is 11.1. The number of hydrogen-bond donors (Lipinski definition) is 2. The highest BCUT2D eigenvalue weighted by molar-refractivity contribution is 5.79. The van der Waals surface area contributed by atoms with Crippen LogP contribution in [0.3, 0.4) is 0 Å². The molecule has 1 aromatic rings. The predicted octanol–water partition coefficient (Wildman–Crippen LogP) is 1.10. The van der Waals surface area contributed by atoms with Crippen LogP contribution in [0.15, 0.2) is 18.2 Å². The van der Waals surface area contributed by atoms with E-state index in [-0.39, 0.29) is 0 Å². The highest BCUT2D eigenvalue weighted by Crippen LogP contribution is 2.21. The molecular weight excluding hydrogens is 204 g/mol. The Kier molecular flexibility index (Phi) is 4.31. The Hall–Kier alpha value is -1.55. The third kappa shape index (κ3) is 2.97. The predicted molar refractivity (Wildman–Crippen MR) is 63.0 cm³/mol. The Labute approximate surface area is 95.6 Å². The summed E-state index contributed by atoms with van der Waals surface area (Å²) in [6, 6.07) is 5.69. The van der Waals surface area contributed by atoms with Gasteiger partial charge in [-0.2, -0.15) is 0 Å². The van der Waals surface area contributed by atoms with E-state index in [1.165, 1.54) is 0 Å². The van der Waals surface area contributed by atoms with Crippen LogP contribution in [-0.2, 0) is 11.3 Å². The number of amides is 1. The number of rotatable bonds is 5. The van der Waals surface area contributed by atoms with Gasteiger partial charge in [0, 0.05) is 12.1 Å². The fourth-order valence-electron chi connectivity index (χ4n) is 1.48. The number of carbonyl (C=O) groups is 1. The molecule has 1 aromatic carbocycles. The van der Waals surface area contributed by atoms with E-state index in [2.05, 4.69) is 0 Å². The van der Waals surface area contributed by atoms with Gasteiger partial charge in [0.15, 0.2) is 6.10 Å². The summed E-state index contributed by atoms with van der Waals surface area (Å²) in [5.74, 6) is 0.185. The van der Waals surface area contributed by atoms with Crippen LogP contribution >= 0.6 is 0 Å². The number of benzene rings is 1. The normalized spacial score (nSPS) is 12.2. The van der Waals surface area contributed by atoms with Crippen LogP contribution < -0.4 is 16.2 Å². The van der Waals surface area contributed by atoms with Gasteiger partial charge in [0.1, 0.15) is 5.75 Å². The van der Waals surface area contributed by atoms with Gasteiger partial charge in [0.2, 0.25) is 0 Å². The number of primary amides is 1. The molecule has 0 spiro atoms. The van der Waals surface area contributed by atoms with Crippen molar-refractivity contribution in [1.82, 2.24) is 0 Å². The van der Waals surface area contributed by atoms with Crippen LogP contribution in [0.4, 0.5) is 0 Å². The first-order chi connectivity index (χ1) is 7.58. The van der Waals surface area contributed by atoms with Crippen molar-refractivity contribution in [2.75, 3.05) is 0 Å². The Morgan fingerprint density at radius 2 is 2.19 bits per heavy atom. The van der Waals surface area contributed by atoms with E-state index < -0.39 is 12.0 Å². The van der Waals surface area contributed by atoms with Gasteiger partial charge in [-0.25, -0.2) is 0 Å². The summed E-state index contributed by atoms with van der Waals surface area (Å²) in [5.41, 5.74) is 12.8. The minimum absolute atomic E-state index is 0.381. The third-order valence-electron chi connectivity index (χ3n) is 2.39. The van der Waals surface area contributed by atoms with Crippen LogP contribution in [0, 0.1) is 6.92 Å². The lowest BCUT2D eigenvalue weighted by Gasteiger charge is -2.16. The third-order valence-corrected chi connectivity index (χ3v) is 2.39. The summed E-state index contributed by atoms with van der Waals surface area (Å²) in [4.78, 5) is 11.1. The zero-order valence-corrected chi connectivity index (χ0v) is 9.69. The molecule has 0 saturated carbocycles. The van der Waals surface area contributed by atoms with Crippen molar-refractivity contribution in [3.8, 4) is 5.75 Å². The van der Waals surface area contributed by atoms with Crippen LogP contribution in [-0.4, -0.2) is 12.0 Å². The van der Waals surface area contributed by atoms with Gasteiger partial charge in [0.25, 0.3) is 5.91 Å². The molecule has 4 heteroatoms. The van der Waals surface area contributed by atoms with E-state index in [9.17, 15) is 4.79 Å². The molecule has 0 aliphatic carbocycles. The van der Waals surface area contributed by atoms with Crippen molar-refractivity contribution < 1.29 is 9.53 Å². The van der Waals surface area contributed by atoms with Gasteiger partial charge in [0.05, 0.1) is 0 Å². The van der Waals surface area contributed by atoms with Crippen molar-refractivity contribution in [3.63, 3.8) is 0 Å². The van der Waals surface area contributed by atoms with Crippen LogP contribution in [0.1, 0.15) is 24.5 Å². The molecule has 0 aliphatic rings. The average Bonchev–Trinajstić information content (AvgIpc) is 2.26. The summed E-state index contributed by atoms with van der Waals surface area (Å²) < 4.78 is 5.55. The second kappa shape index (κ2) is 5.51. The minimum atomic E-state index is -0.590. The van der Waals surface area contributed by atoms with E-state index in [0.717, 1.165) is 11.1 Å². The molecule has 0 bridgehead atoms. The summed E-state index contributed by atoms with van der Waals surface area (Å²) in [5, 5.41) is 0. The largest absolute Gasteiger partial charge is 0.480 e. The molecule has 4 nitrogen and oxygen atoms in total. The number of carbonyl (C=O) groups excluding carboxylic acids is 1. The molecule has 16 heavy (non-hydrogen) atoms. The van der Waals surface area contributed by atoms with E-state index >= 15 is 0 Å². The number of hydrogen-bond acceptors (Lipinski definition) is 3. The molecule has 0 aromatic heterocycles. The summed E-state index contributed by atoms with van der Waals surface area (Å²) in [6.07, 6.45) is -0.0410. The lowest BCUT2D eigenvalue weighted by Crippen LogP contribution is -2.33. The minimum Gasteiger partial charge on any atom is -0.480 e. The zero-order chi connectivity index (χ0) is 12.1. The second-order valence-electron chi connectivity index (χ2n) is 3.73.